The number of aromatic amines is 1. The lowest BCUT2D eigenvalue weighted by atomic mass is 10.0. The first-order chi connectivity index (χ1) is 10.4. The van der Waals surface area contributed by atoms with Crippen LogP contribution >= 0.6 is 0 Å². The molecule has 0 aliphatic rings. The van der Waals surface area contributed by atoms with Gasteiger partial charge in [-0.25, -0.2) is 4.79 Å². The van der Waals surface area contributed by atoms with E-state index in [1.54, 1.807) is 12.1 Å². The summed E-state index contributed by atoms with van der Waals surface area (Å²) in [6.07, 6.45) is -4.48. The number of hydrogen-bond donors (Lipinski definition) is 2. The number of H-pyrrole nitrogens is 1. The maximum absolute atomic E-state index is 13.1. The zero-order valence-electron chi connectivity index (χ0n) is 11.1. The molecule has 1 aromatic heterocycles. The molecule has 0 aliphatic heterocycles. The van der Waals surface area contributed by atoms with Gasteiger partial charge in [-0.3, -0.25) is 0 Å². The summed E-state index contributed by atoms with van der Waals surface area (Å²) in [6, 6.07) is 11.3. The van der Waals surface area contributed by atoms with Gasteiger partial charge in [0.25, 0.3) is 0 Å². The van der Waals surface area contributed by atoms with Crippen molar-refractivity contribution in [3.63, 3.8) is 0 Å². The van der Waals surface area contributed by atoms with Crippen molar-refractivity contribution in [2.24, 2.45) is 0 Å². The molecule has 0 radical (unpaired) electrons. The molecule has 0 saturated carbocycles. The van der Waals surface area contributed by atoms with Crippen LogP contribution in [0, 0.1) is 0 Å². The second kappa shape index (κ2) is 4.91. The van der Waals surface area contributed by atoms with Crippen molar-refractivity contribution in [3.8, 4) is 11.3 Å². The van der Waals surface area contributed by atoms with Gasteiger partial charge in [0, 0.05) is 16.6 Å². The van der Waals surface area contributed by atoms with Crippen LogP contribution in [-0.2, 0) is 6.18 Å². The van der Waals surface area contributed by atoms with Gasteiger partial charge < -0.3 is 10.1 Å². The third-order valence-corrected chi connectivity index (χ3v) is 3.41. The molecule has 0 aliphatic carbocycles. The van der Waals surface area contributed by atoms with Crippen molar-refractivity contribution >= 4 is 16.9 Å². The minimum absolute atomic E-state index is 0.0115. The smallest absolute Gasteiger partial charge is 0.417 e. The van der Waals surface area contributed by atoms with Gasteiger partial charge in [0.05, 0.1) is 16.6 Å². The molecule has 2 N–H and O–H groups in total. The molecule has 3 rings (SSSR count). The Kier molecular flexibility index (Phi) is 3.16. The van der Waals surface area contributed by atoms with Gasteiger partial charge in [0.1, 0.15) is 0 Å². The highest BCUT2D eigenvalue weighted by Gasteiger charge is 2.33. The van der Waals surface area contributed by atoms with Gasteiger partial charge in [-0.2, -0.15) is 13.2 Å². The predicted molar refractivity (Wildman–Crippen MR) is 75.7 cm³/mol. The van der Waals surface area contributed by atoms with E-state index >= 15 is 0 Å². The number of carboxylic acids is 1. The van der Waals surface area contributed by atoms with Crippen molar-refractivity contribution < 1.29 is 23.1 Å². The predicted octanol–water partition coefficient (Wildman–Crippen LogP) is 4.55. The largest absolute Gasteiger partial charge is 0.478 e. The lowest BCUT2D eigenvalue weighted by Gasteiger charge is -2.11. The van der Waals surface area contributed by atoms with E-state index in [2.05, 4.69) is 4.98 Å². The molecule has 0 fully saturated rings. The number of benzene rings is 2. The first kappa shape index (κ1) is 14.2. The van der Waals surface area contributed by atoms with Crippen molar-refractivity contribution in [3.05, 3.63) is 59.7 Å². The number of rotatable bonds is 2. The van der Waals surface area contributed by atoms with E-state index in [4.69, 9.17) is 5.11 Å². The van der Waals surface area contributed by atoms with Crippen molar-refractivity contribution in [2.45, 2.75) is 6.18 Å². The number of fused-ring (bicyclic) bond motifs is 1. The molecular formula is C16H10F3NO2. The van der Waals surface area contributed by atoms with E-state index in [9.17, 15) is 18.0 Å². The van der Waals surface area contributed by atoms with Crippen LogP contribution in [-0.4, -0.2) is 16.1 Å². The summed E-state index contributed by atoms with van der Waals surface area (Å²) in [5, 5.41) is 9.69. The molecule has 0 bridgehead atoms. The number of nitrogens with one attached hydrogen (secondary N) is 1. The first-order valence-corrected chi connectivity index (χ1v) is 6.39. The quantitative estimate of drug-likeness (QED) is 0.729. The van der Waals surface area contributed by atoms with E-state index in [1.807, 2.05) is 0 Å². The van der Waals surface area contributed by atoms with Gasteiger partial charge in [0.2, 0.25) is 0 Å². The second-order valence-electron chi connectivity index (χ2n) is 4.80. The Balaban J connectivity index is 2.25. The fourth-order valence-corrected chi connectivity index (χ4v) is 2.44. The Hall–Kier alpha value is -2.76. The van der Waals surface area contributed by atoms with Gasteiger partial charge >= 0.3 is 12.1 Å². The van der Waals surface area contributed by atoms with Crippen LogP contribution < -0.4 is 0 Å². The Morgan fingerprint density at radius 3 is 2.45 bits per heavy atom. The van der Waals surface area contributed by atoms with E-state index in [0.29, 0.717) is 10.9 Å². The van der Waals surface area contributed by atoms with Crippen LogP contribution in [0.1, 0.15) is 15.9 Å². The number of aromatic nitrogens is 1. The number of halogens is 3. The molecule has 0 saturated heterocycles. The molecule has 22 heavy (non-hydrogen) atoms. The zero-order valence-corrected chi connectivity index (χ0v) is 11.1. The van der Waals surface area contributed by atoms with Gasteiger partial charge in [-0.15, -0.1) is 0 Å². The average Bonchev–Trinajstić information content (AvgIpc) is 2.89. The summed E-state index contributed by atoms with van der Waals surface area (Å²) in [6.45, 7) is 0. The van der Waals surface area contributed by atoms with Crippen molar-refractivity contribution in [1.29, 1.82) is 0 Å². The summed E-state index contributed by atoms with van der Waals surface area (Å²) < 4.78 is 39.3. The van der Waals surface area contributed by atoms with E-state index in [0.717, 1.165) is 6.07 Å². The van der Waals surface area contributed by atoms with Gasteiger partial charge in [0.15, 0.2) is 0 Å². The fourth-order valence-electron chi connectivity index (χ4n) is 2.44. The Morgan fingerprint density at radius 1 is 1.05 bits per heavy atom. The maximum Gasteiger partial charge on any atom is 0.417 e. The van der Waals surface area contributed by atoms with E-state index in [1.165, 1.54) is 30.3 Å². The maximum atomic E-state index is 13.1. The fraction of sp³-hybridized carbons (Fsp3) is 0.0625. The number of hydrogen-bond acceptors (Lipinski definition) is 1. The molecule has 0 unspecified atom stereocenters. The van der Waals surface area contributed by atoms with Crippen LogP contribution in [0.4, 0.5) is 13.2 Å². The standard InChI is InChI=1S/C16H10F3NO2/c17-16(18,19)12-7-2-1-5-10(12)13-8-9-4-3-6-11(15(21)22)14(9)20-13/h1-8,20H,(H,21,22). The molecule has 0 amide bonds. The van der Waals surface area contributed by atoms with E-state index < -0.39 is 17.7 Å². The topological polar surface area (TPSA) is 53.1 Å². The highest BCUT2D eigenvalue weighted by atomic mass is 19.4. The zero-order chi connectivity index (χ0) is 15.9. The van der Waals surface area contributed by atoms with Gasteiger partial charge in [-0.1, -0.05) is 30.3 Å². The minimum atomic E-state index is -4.48. The number of carbonyl (C=O) groups is 1. The summed E-state index contributed by atoms with van der Waals surface area (Å²) in [4.78, 5) is 14.0. The summed E-state index contributed by atoms with van der Waals surface area (Å²) in [7, 11) is 0. The SMILES string of the molecule is O=C(O)c1cccc2cc(-c3ccccc3C(F)(F)F)[nH]c12. The molecule has 1 heterocycles. The third kappa shape index (κ3) is 2.32. The summed E-state index contributed by atoms with van der Waals surface area (Å²) >= 11 is 0. The summed E-state index contributed by atoms with van der Waals surface area (Å²) in [5.74, 6) is -1.14. The second-order valence-corrected chi connectivity index (χ2v) is 4.80. The Labute approximate surface area is 123 Å². The number of carboxylic acid groups (broad SMARTS) is 1. The number of aromatic carboxylic acids is 1. The number of alkyl halides is 3. The molecule has 2 aromatic carbocycles. The number of para-hydroxylation sites is 1. The van der Waals surface area contributed by atoms with Crippen molar-refractivity contribution in [2.75, 3.05) is 0 Å². The minimum Gasteiger partial charge on any atom is -0.478 e. The van der Waals surface area contributed by atoms with Crippen LogP contribution in [0.25, 0.3) is 22.2 Å². The van der Waals surface area contributed by atoms with Crippen molar-refractivity contribution in [1.82, 2.24) is 4.98 Å². The van der Waals surface area contributed by atoms with Gasteiger partial charge in [-0.05, 0) is 18.2 Å². The lowest BCUT2D eigenvalue weighted by Crippen LogP contribution is -2.06. The summed E-state index contributed by atoms with van der Waals surface area (Å²) in [5.41, 5.74) is -0.215. The Morgan fingerprint density at radius 2 is 1.77 bits per heavy atom. The highest BCUT2D eigenvalue weighted by Crippen LogP contribution is 2.37. The molecule has 0 atom stereocenters. The average molecular weight is 305 g/mol. The molecule has 3 nitrogen and oxygen atoms in total. The van der Waals surface area contributed by atoms with Crippen LogP contribution in [0.3, 0.4) is 0 Å². The molecule has 3 aromatic rings. The Bertz CT molecular complexity index is 865. The van der Waals surface area contributed by atoms with Crippen LogP contribution in [0.2, 0.25) is 0 Å². The molecule has 0 spiro atoms. The third-order valence-electron chi connectivity index (χ3n) is 3.41. The van der Waals surface area contributed by atoms with Crippen LogP contribution in [0.15, 0.2) is 48.5 Å². The molecule has 6 heteroatoms. The molecular weight excluding hydrogens is 295 g/mol. The monoisotopic (exact) mass is 305 g/mol. The lowest BCUT2D eigenvalue weighted by molar-refractivity contribution is -0.137. The van der Waals surface area contributed by atoms with Crippen LogP contribution in [0.5, 0.6) is 0 Å². The highest BCUT2D eigenvalue weighted by molar-refractivity contribution is 6.03. The normalized spacial score (nSPS) is 11.8. The molecule has 112 valence electrons. The van der Waals surface area contributed by atoms with E-state index in [-0.39, 0.29) is 16.8 Å². The first-order valence-electron chi connectivity index (χ1n) is 6.39.